The van der Waals surface area contributed by atoms with E-state index < -0.39 is 0 Å². The zero-order valence-electron chi connectivity index (χ0n) is 7.28. The lowest BCUT2D eigenvalue weighted by atomic mass is 10.2. The number of hydrogen-bond acceptors (Lipinski definition) is 3. The predicted molar refractivity (Wildman–Crippen MR) is 48.8 cm³/mol. The van der Waals surface area contributed by atoms with Crippen LogP contribution in [-0.4, -0.2) is 11.3 Å². The van der Waals surface area contributed by atoms with E-state index in [1.807, 2.05) is 13.0 Å². The van der Waals surface area contributed by atoms with Crippen LogP contribution in [0.1, 0.15) is 23.2 Å². The van der Waals surface area contributed by atoms with Gasteiger partial charge in [-0.25, -0.2) is 4.98 Å². The largest absolute Gasteiger partial charge is 0.441 e. The summed E-state index contributed by atoms with van der Waals surface area (Å²) in [6.07, 6.45) is 1.54. The first kappa shape index (κ1) is 7.98. The molecule has 0 saturated carbocycles. The molecule has 0 saturated heterocycles. The number of aryl methyl sites for hydroxylation is 1. The van der Waals surface area contributed by atoms with E-state index in [0.717, 1.165) is 12.7 Å². The van der Waals surface area contributed by atoms with E-state index in [0.29, 0.717) is 22.6 Å². The molecule has 0 aliphatic carbocycles. The molecule has 2 rings (SSSR count). The minimum Gasteiger partial charge on any atom is -0.441 e. The summed E-state index contributed by atoms with van der Waals surface area (Å²) in [5.74, 6) is 0.671. The number of hydrogen-bond donors (Lipinski definition) is 0. The molecule has 0 amide bonds. The molecule has 0 N–H and O–H groups in total. The number of aromatic nitrogens is 1. The molecule has 13 heavy (non-hydrogen) atoms. The molecule has 3 nitrogen and oxygen atoms in total. The highest BCUT2D eigenvalue weighted by Crippen LogP contribution is 2.18. The third kappa shape index (κ3) is 1.22. The van der Waals surface area contributed by atoms with Crippen LogP contribution in [-0.2, 0) is 6.42 Å². The topological polar surface area (TPSA) is 43.1 Å². The molecule has 0 fully saturated rings. The van der Waals surface area contributed by atoms with Crippen LogP contribution in [0, 0.1) is 0 Å². The summed E-state index contributed by atoms with van der Waals surface area (Å²) in [6, 6.07) is 5.34. The van der Waals surface area contributed by atoms with E-state index in [1.54, 1.807) is 12.1 Å². The summed E-state index contributed by atoms with van der Waals surface area (Å²) >= 11 is 0. The third-order valence-electron chi connectivity index (χ3n) is 1.92. The van der Waals surface area contributed by atoms with Crippen LogP contribution in [0.5, 0.6) is 0 Å². The quantitative estimate of drug-likeness (QED) is 0.657. The summed E-state index contributed by atoms with van der Waals surface area (Å²) < 4.78 is 5.39. The van der Waals surface area contributed by atoms with Gasteiger partial charge >= 0.3 is 0 Å². The highest BCUT2D eigenvalue weighted by molar-refractivity contribution is 5.93. The second-order valence-corrected chi connectivity index (χ2v) is 2.77. The van der Waals surface area contributed by atoms with Crippen LogP contribution in [0.3, 0.4) is 0 Å². The zero-order valence-corrected chi connectivity index (χ0v) is 7.28. The van der Waals surface area contributed by atoms with Gasteiger partial charge in [0.15, 0.2) is 17.8 Å². The van der Waals surface area contributed by atoms with Gasteiger partial charge < -0.3 is 4.42 Å². The van der Waals surface area contributed by atoms with Gasteiger partial charge in [-0.05, 0) is 12.1 Å². The lowest BCUT2D eigenvalue weighted by molar-refractivity contribution is 0.112. The molecule has 0 atom stereocenters. The van der Waals surface area contributed by atoms with Crippen LogP contribution in [0.25, 0.3) is 11.1 Å². The lowest BCUT2D eigenvalue weighted by Crippen LogP contribution is -1.82. The van der Waals surface area contributed by atoms with Gasteiger partial charge in [0.2, 0.25) is 0 Å². The summed E-state index contributed by atoms with van der Waals surface area (Å²) in [5.41, 5.74) is 1.93. The van der Waals surface area contributed by atoms with Gasteiger partial charge in [0.1, 0.15) is 5.52 Å². The number of para-hydroxylation sites is 1. The Morgan fingerprint density at radius 3 is 3.08 bits per heavy atom. The maximum Gasteiger partial charge on any atom is 0.195 e. The van der Waals surface area contributed by atoms with Crippen molar-refractivity contribution in [1.82, 2.24) is 4.98 Å². The Kier molecular flexibility index (Phi) is 1.85. The smallest absolute Gasteiger partial charge is 0.195 e. The number of rotatable bonds is 2. The molecule has 0 radical (unpaired) electrons. The lowest BCUT2D eigenvalue weighted by Gasteiger charge is -1.87. The number of aldehydes is 1. The first-order valence-electron chi connectivity index (χ1n) is 4.18. The molecule has 0 unspecified atom stereocenters. The first-order chi connectivity index (χ1) is 6.35. The van der Waals surface area contributed by atoms with Gasteiger partial charge in [0.05, 0.1) is 0 Å². The fraction of sp³-hybridized carbons (Fsp3) is 0.200. The van der Waals surface area contributed by atoms with E-state index in [9.17, 15) is 4.79 Å². The molecule has 66 valence electrons. The van der Waals surface area contributed by atoms with E-state index in [4.69, 9.17) is 4.42 Å². The number of nitrogens with zero attached hydrogens (tertiary/aromatic N) is 1. The molecule has 1 aromatic carbocycles. The average molecular weight is 175 g/mol. The molecule has 0 bridgehead atoms. The predicted octanol–water partition coefficient (Wildman–Crippen LogP) is 2.20. The maximum atomic E-state index is 10.6. The molecule has 0 spiro atoms. The Balaban J connectivity index is 2.74. The van der Waals surface area contributed by atoms with Crippen molar-refractivity contribution in [3.8, 4) is 0 Å². The van der Waals surface area contributed by atoms with Gasteiger partial charge in [0, 0.05) is 12.0 Å². The minimum atomic E-state index is 0.584. The van der Waals surface area contributed by atoms with Crippen molar-refractivity contribution >= 4 is 17.4 Å². The SMILES string of the molecule is CCc1nc2c(C=O)cccc2o1. The van der Waals surface area contributed by atoms with E-state index in [2.05, 4.69) is 4.98 Å². The molecule has 0 aliphatic rings. The van der Waals surface area contributed by atoms with E-state index >= 15 is 0 Å². The Bertz CT molecular complexity index is 445. The second kappa shape index (κ2) is 3.01. The van der Waals surface area contributed by atoms with Crippen molar-refractivity contribution in [1.29, 1.82) is 0 Å². The first-order valence-corrected chi connectivity index (χ1v) is 4.18. The molecule has 0 aliphatic heterocycles. The Morgan fingerprint density at radius 1 is 1.54 bits per heavy atom. The van der Waals surface area contributed by atoms with Crippen molar-refractivity contribution in [3.05, 3.63) is 29.7 Å². The Labute approximate surface area is 75.4 Å². The third-order valence-corrected chi connectivity index (χ3v) is 1.92. The van der Waals surface area contributed by atoms with Crippen LogP contribution in [0.15, 0.2) is 22.6 Å². The molecular weight excluding hydrogens is 166 g/mol. The summed E-state index contributed by atoms with van der Waals surface area (Å²) in [4.78, 5) is 14.8. The Morgan fingerprint density at radius 2 is 2.38 bits per heavy atom. The Hall–Kier alpha value is -1.64. The molecular formula is C10H9NO2. The van der Waals surface area contributed by atoms with Crippen LogP contribution < -0.4 is 0 Å². The normalized spacial score (nSPS) is 10.5. The molecule has 1 aromatic heterocycles. The van der Waals surface area contributed by atoms with Gasteiger partial charge in [0.25, 0.3) is 0 Å². The standard InChI is InChI=1S/C10H9NO2/c1-2-9-11-10-7(6-12)4-3-5-8(10)13-9/h3-6H,2H2,1H3. The number of carbonyl (C=O) groups is 1. The van der Waals surface area contributed by atoms with Crippen molar-refractivity contribution in [2.24, 2.45) is 0 Å². The van der Waals surface area contributed by atoms with E-state index in [-0.39, 0.29) is 0 Å². The van der Waals surface area contributed by atoms with Gasteiger partial charge in [-0.2, -0.15) is 0 Å². The minimum absolute atomic E-state index is 0.584. The van der Waals surface area contributed by atoms with E-state index in [1.165, 1.54) is 0 Å². The van der Waals surface area contributed by atoms with Crippen LogP contribution >= 0.6 is 0 Å². The van der Waals surface area contributed by atoms with Crippen molar-refractivity contribution in [3.63, 3.8) is 0 Å². The highest BCUT2D eigenvalue weighted by atomic mass is 16.3. The van der Waals surface area contributed by atoms with Crippen molar-refractivity contribution in [2.45, 2.75) is 13.3 Å². The van der Waals surface area contributed by atoms with Crippen molar-refractivity contribution < 1.29 is 9.21 Å². The number of carbonyl (C=O) groups excluding carboxylic acids is 1. The van der Waals surface area contributed by atoms with Crippen LogP contribution in [0.4, 0.5) is 0 Å². The monoisotopic (exact) mass is 175 g/mol. The highest BCUT2D eigenvalue weighted by Gasteiger charge is 2.06. The van der Waals surface area contributed by atoms with Gasteiger partial charge in [-0.15, -0.1) is 0 Å². The molecule has 3 heteroatoms. The van der Waals surface area contributed by atoms with Gasteiger partial charge in [-0.3, -0.25) is 4.79 Å². The molecule has 1 heterocycles. The van der Waals surface area contributed by atoms with Crippen LogP contribution in [0.2, 0.25) is 0 Å². The average Bonchev–Trinajstić information content (AvgIpc) is 2.59. The number of benzene rings is 1. The van der Waals surface area contributed by atoms with Crippen molar-refractivity contribution in [2.75, 3.05) is 0 Å². The summed E-state index contributed by atoms with van der Waals surface area (Å²) in [6.45, 7) is 1.96. The number of fused-ring (bicyclic) bond motifs is 1. The fourth-order valence-corrected chi connectivity index (χ4v) is 1.26. The maximum absolute atomic E-state index is 10.6. The molecule has 2 aromatic rings. The zero-order chi connectivity index (χ0) is 9.26. The number of oxazole rings is 1. The fourth-order valence-electron chi connectivity index (χ4n) is 1.26. The van der Waals surface area contributed by atoms with Gasteiger partial charge in [-0.1, -0.05) is 13.0 Å². The second-order valence-electron chi connectivity index (χ2n) is 2.77. The summed E-state index contributed by atoms with van der Waals surface area (Å²) in [7, 11) is 0. The summed E-state index contributed by atoms with van der Waals surface area (Å²) in [5, 5.41) is 0.